The van der Waals surface area contributed by atoms with Gasteiger partial charge in [-0.1, -0.05) is 30.3 Å². The minimum atomic E-state index is -0.868. The number of benzene rings is 1. The highest BCUT2D eigenvalue weighted by Crippen LogP contribution is 2.07. The van der Waals surface area contributed by atoms with Gasteiger partial charge in [-0.25, -0.2) is 0 Å². The summed E-state index contributed by atoms with van der Waals surface area (Å²) in [5.41, 5.74) is 0.858. The number of nitrogens with one attached hydrogen (secondary N) is 2. The molecule has 2 rings (SSSR count). The molecule has 1 aliphatic rings. The van der Waals surface area contributed by atoms with Gasteiger partial charge in [0.1, 0.15) is 12.1 Å². The Balaban J connectivity index is 2.01. The molecule has 1 aliphatic heterocycles. The van der Waals surface area contributed by atoms with Gasteiger partial charge in [-0.05, 0) is 5.56 Å². The summed E-state index contributed by atoms with van der Waals surface area (Å²) in [4.78, 5) is 47.9. The van der Waals surface area contributed by atoms with E-state index in [1.165, 1.54) is 7.11 Å². The zero-order chi connectivity index (χ0) is 19.6. The maximum absolute atomic E-state index is 12.7. The van der Waals surface area contributed by atoms with Crippen molar-refractivity contribution in [3.63, 3.8) is 0 Å². The zero-order valence-electron chi connectivity index (χ0n) is 15.2. The largest absolute Gasteiger partial charge is 0.469 e. The zero-order valence-corrected chi connectivity index (χ0v) is 15.2. The molecule has 146 valence electrons. The Labute approximate surface area is 157 Å². The summed E-state index contributed by atoms with van der Waals surface area (Å²) in [6.07, 6.45) is 0.353. The highest BCUT2D eigenvalue weighted by atomic mass is 16.5. The van der Waals surface area contributed by atoms with Crippen LogP contribution in [0.5, 0.6) is 0 Å². The fraction of sp³-hybridized carbons (Fsp3) is 0.474. The predicted octanol–water partition coefficient (Wildman–Crippen LogP) is 0.141. The molecule has 27 heavy (non-hydrogen) atoms. The van der Waals surface area contributed by atoms with Gasteiger partial charge in [0, 0.05) is 19.3 Å². The normalized spacial score (nSPS) is 17.7. The van der Waals surface area contributed by atoms with Gasteiger partial charge >= 0.3 is 5.97 Å². The Morgan fingerprint density at radius 2 is 1.96 bits per heavy atom. The van der Waals surface area contributed by atoms with Crippen LogP contribution in [0.1, 0.15) is 24.8 Å². The van der Waals surface area contributed by atoms with Crippen molar-refractivity contribution in [1.29, 1.82) is 0 Å². The third kappa shape index (κ3) is 6.82. The van der Waals surface area contributed by atoms with Gasteiger partial charge in [0.15, 0.2) is 5.78 Å². The molecule has 0 spiro atoms. The second kappa shape index (κ2) is 10.4. The minimum absolute atomic E-state index is 0.0725. The third-order valence-corrected chi connectivity index (χ3v) is 4.20. The first-order valence-electron chi connectivity index (χ1n) is 8.80. The summed E-state index contributed by atoms with van der Waals surface area (Å²) in [5, 5.41) is 5.29. The van der Waals surface area contributed by atoms with Gasteiger partial charge < -0.3 is 20.1 Å². The summed E-state index contributed by atoms with van der Waals surface area (Å²) >= 11 is 0. The van der Waals surface area contributed by atoms with Crippen molar-refractivity contribution in [2.75, 3.05) is 20.3 Å². The van der Waals surface area contributed by atoms with Crippen molar-refractivity contribution in [1.82, 2.24) is 10.6 Å². The lowest BCUT2D eigenvalue weighted by Crippen LogP contribution is -2.54. The van der Waals surface area contributed by atoms with E-state index >= 15 is 0 Å². The maximum atomic E-state index is 12.7. The molecule has 0 radical (unpaired) electrons. The lowest BCUT2D eigenvalue weighted by molar-refractivity contribution is -0.142. The average molecular weight is 376 g/mol. The van der Waals surface area contributed by atoms with E-state index in [1.807, 2.05) is 30.3 Å². The van der Waals surface area contributed by atoms with Gasteiger partial charge in [-0.15, -0.1) is 0 Å². The van der Waals surface area contributed by atoms with Crippen LogP contribution >= 0.6 is 0 Å². The number of hydrogen-bond donors (Lipinski definition) is 2. The summed E-state index contributed by atoms with van der Waals surface area (Å²) in [6.45, 7) is 0.474. The van der Waals surface area contributed by atoms with Crippen LogP contribution in [0.2, 0.25) is 0 Å². The lowest BCUT2D eigenvalue weighted by atomic mass is 10.0. The Kier molecular flexibility index (Phi) is 7.94. The number of ketones is 1. The number of carbonyl (C=O) groups excluding carboxylic acids is 4. The van der Waals surface area contributed by atoms with Crippen LogP contribution in [0.15, 0.2) is 30.3 Å². The highest BCUT2D eigenvalue weighted by Gasteiger charge is 2.28. The van der Waals surface area contributed by atoms with Crippen molar-refractivity contribution in [3.05, 3.63) is 35.9 Å². The molecule has 2 amide bonds. The van der Waals surface area contributed by atoms with Crippen molar-refractivity contribution in [2.24, 2.45) is 0 Å². The van der Waals surface area contributed by atoms with Gasteiger partial charge in [0.25, 0.3) is 0 Å². The molecule has 8 nitrogen and oxygen atoms in total. The number of methoxy groups -OCH3 is 1. The second-order valence-electron chi connectivity index (χ2n) is 6.24. The first kappa shape index (κ1) is 20.6. The molecule has 0 aliphatic carbocycles. The number of carbonyl (C=O) groups is 4. The van der Waals surface area contributed by atoms with Crippen LogP contribution in [-0.2, 0) is 35.1 Å². The van der Waals surface area contributed by atoms with Crippen LogP contribution < -0.4 is 10.6 Å². The SMILES string of the molecule is COC(=O)CCC(=O)N[C@@H](Cc1ccccc1)C(=O)N[C@@H]1COCCC1=O. The molecule has 0 bridgehead atoms. The fourth-order valence-corrected chi connectivity index (χ4v) is 2.68. The Morgan fingerprint density at radius 1 is 1.22 bits per heavy atom. The Morgan fingerprint density at radius 3 is 2.63 bits per heavy atom. The molecular formula is C19H24N2O6. The lowest BCUT2D eigenvalue weighted by Gasteiger charge is -2.25. The van der Waals surface area contributed by atoms with E-state index in [2.05, 4.69) is 15.4 Å². The van der Waals surface area contributed by atoms with Gasteiger partial charge in [0.2, 0.25) is 11.8 Å². The first-order chi connectivity index (χ1) is 13.0. The average Bonchev–Trinajstić information content (AvgIpc) is 2.68. The number of amides is 2. The van der Waals surface area contributed by atoms with Gasteiger partial charge in [-0.3, -0.25) is 19.2 Å². The molecule has 2 atom stereocenters. The van der Waals surface area contributed by atoms with Crippen molar-refractivity contribution >= 4 is 23.6 Å². The summed E-state index contributed by atoms with van der Waals surface area (Å²) in [6, 6.07) is 7.63. The molecule has 0 saturated carbocycles. The van der Waals surface area contributed by atoms with E-state index in [0.717, 1.165) is 5.56 Å². The Hall–Kier alpha value is -2.74. The molecule has 1 fully saturated rings. The van der Waals surface area contributed by atoms with E-state index in [9.17, 15) is 19.2 Å². The minimum Gasteiger partial charge on any atom is -0.469 e. The molecule has 1 saturated heterocycles. The van der Waals surface area contributed by atoms with Crippen LogP contribution in [0.4, 0.5) is 0 Å². The molecule has 8 heteroatoms. The van der Waals surface area contributed by atoms with Crippen LogP contribution in [0, 0.1) is 0 Å². The predicted molar refractivity (Wildman–Crippen MR) is 95.7 cm³/mol. The number of hydrogen-bond acceptors (Lipinski definition) is 6. The summed E-state index contributed by atoms with van der Waals surface area (Å²) < 4.78 is 9.75. The van der Waals surface area contributed by atoms with Gasteiger partial charge in [0.05, 0.1) is 26.7 Å². The van der Waals surface area contributed by atoms with E-state index in [4.69, 9.17) is 4.74 Å². The quantitative estimate of drug-likeness (QED) is 0.625. The van der Waals surface area contributed by atoms with E-state index in [1.54, 1.807) is 0 Å². The third-order valence-electron chi connectivity index (χ3n) is 4.20. The number of esters is 1. The topological polar surface area (TPSA) is 111 Å². The molecular weight excluding hydrogens is 352 g/mol. The van der Waals surface area contributed by atoms with Crippen LogP contribution in [0.25, 0.3) is 0 Å². The van der Waals surface area contributed by atoms with Crippen molar-refractivity contribution in [2.45, 2.75) is 37.8 Å². The Bertz CT molecular complexity index is 676. The van der Waals surface area contributed by atoms with Gasteiger partial charge in [-0.2, -0.15) is 0 Å². The smallest absolute Gasteiger partial charge is 0.306 e. The number of Topliss-reactive ketones (excluding diaryl/α,β-unsaturated/α-hetero) is 1. The summed E-state index contributed by atoms with van der Waals surface area (Å²) in [5.74, 6) is -1.50. The number of rotatable bonds is 8. The summed E-state index contributed by atoms with van der Waals surface area (Å²) in [7, 11) is 1.25. The molecule has 1 aromatic rings. The van der Waals surface area contributed by atoms with Crippen LogP contribution in [-0.4, -0.2) is 56.0 Å². The van der Waals surface area contributed by atoms with Crippen molar-refractivity contribution < 1.29 is 28.7 Å². The standard InChI is InChI=1S/C19H24N2O6/c1-26-18(24)8-7-17(23)20-14(11-13-5-3-2-4-6-13)19(25)21-15-12-27-10-9-16(15)22/h2-6,14-15H,7-12H2,1H3,(H,20,23)(H,21,25)/t14-,15+/m0/s1. The van der Waals surface area contributed by atoms with Crippen molar-refractivity contribution in [3.8, 4) is 0 Å². The molecule has 2 N–H and O–H groups in total. The highest BCUT2D eigenvalue weighted by molar-refractivity contribution is 5.93. The first-order valence-corrected chi connectivity index (χ1v) is 8.80. The number of ether oxygens (including phenoxy) is 2. The van der Waals surface area contributed by atoms with E-state index < -0.39 is 29.9 Å². The maximum Gasteiger partial charge on any atom is 0.306 e. The molecule has 1 heterocycles. The fourth-order valence-electron chi connectivity index (χ4n) is 2.68. The molecule has 0 unspecified atom stereocenters. The molecule has 1 aromatic carbocycles. The monoisotopic (exact) mass is 376 g/mol. The second-order valence-corrected chi connectivity index (χ2v) is 6.24. The van der Waals surface area contributed by atoms with E-state index in [0.29, 0.717) is 6.61 Å². The molecule has 0 aromatic heterocycles. The van der Waals surface area contributed by atoms with E-state index in [-0.39, 0.29) is 38.1 Å². The van der Waals surface area contributed by atoms with Crippen LogP contribution in [0.3, 0.4) is 0 Å².